The number of aromatic nitrogens is 1. The number of nitrogens with zero attached hydrogens (tertiary/aromatic N) is 1. The Kier molecular flexibility index (Phi) is 6.86. The van der Waals surface area contributed by atoms with E-state index >= 15 is 0 Å². The van der Waals surface area contributed by atoms with Crippen LogP contribution in [0.15, 0.2) is 41.8 Å². The lowest BCUT2D eigenvalue weighted by molar-refractivity contribution is -0.123. The second-order valence-corrected chi connectivity index (χ2v) is 5.70. The van der Waals surface area contributed by atoms with E-state index in [2.05, 4.69) is 9.69 Å². The van der Waals surface area contributed by atoms with Gasteiger partial charge in [-0.15, -0.1) is 0 Å². The van der Waals surface area contributed by atoms with Crippen LogP contribution in [-0.4, -0.2) is 30.0 Å². The molecule has 1 aromatic heterocycles. The van der Waals surface area contributed by atoms with Crippen molar-refractivity contribution < 1.29 is 14.3 Å². The quantitative estimate of drug-likeness (QED) is 0.771. The predicted octanol–water partition coefficient (Wildman–Crippen LogP) is 2.49. The minimum atomic E-state index is -0.150. The minimum Gasteiger partial charge on any atom is -0.467 e. The summed E-state index contributed by atoms with van der Waals surface area (Å²) in [5.74, 6) is 0.578. The molecule has 118 valence electrons. The highest BCUT2D eigenvalue weighted by molar-refractivity contribution is 7.03. The van der Waals surface area contributed by atoms with Crippen LogP contribution >= 0.6 is 11.5 Å². The van der Waals surface area contributed by atoms with E-state index in [-0.39, 0.29) is 18.4 Å². The second-order valence-electron chi connectivity index (χ2n) is 5.04. The van der Waals surface area contributed by atoms with Gasteiger partial charge < -0.3 is 14.8 Å². The van der Waals surface area contributed by atoms with E-state index in [1.54, 1.807) is 11.4 Å². The van der Waals surface area contributed by atoms with E-state index in [0.717, 1.165) is 5.56 Å². The van der Waals surface area contributed by atoms with Crippen molar-refractivity contribution in [3.63, 3.8) is 0 Å². The van der Waals surface area contributed by atoms with Gasteiger partial charge in [0.1, 0.15) is 0 Å². The number of amides is 1. The van der Waals surface area contributed by atoms with Gasteiger partial charge >= 0.3 is 0 Å². The fourth-order valence-electron chi connectivity index (χ4n) is 1.77. The van der Waals surface area contributed by atoms with Crippen LogP contribution in [0.1, 0.15) is 12.5 Å². The highest BCUT2D eigenvalue weighted by Gasteiger charge is 2.07. The molecule has 0 aliphatic carbocycles. The first-order valence-corrected chi connectivity index (χ1v) is 7.99. The summed E-state index contributed by atoms with van der Waals surface area (Å²) in [4.78, 5) is 11.6. The molecule has 0 fully saturated rings. The molecular formula is C16H20N2O3S. The first kappa shape index (κ1) is 16.5. The molecule has 1 aromatic carbocycles. The number of carbonyl (C=O) groups is 1. The smallest absolute Gasteiger partial charge is 0.258 e. The molecular weight excluding hydrogens is 300 g/mol. The number of rotatable bonds is 9. The van der Waals surface area contributed by atoms with Crippen LogP contribution in [0.5, 0.6) is 5.88 Å². The average Bonchev–Trinajstić information content (AvgIpc) is 3.05. The van der Waals surface area contributed by atoms with E-state index < -0.39 is 0 Å². The van der Waals surface area contributed by atoms with Crippen LogP contribution < -0.4 is 10.1 Å². The third kappa shape index (κ3) is 6.24. The van der Waals surface area contributed by atoms with Crippen molar-refractivity contribution >= 4 is 17.4 Å². The lowest BCUT2D eigenvalue weighted by atomic mass is 10.2. The lowest BCUT2D eigenvalue weighted by Crippen LogP contribution is -2.33. The van der Waals surface area contributed by atoms with Gasteiger partial charge in [0, 0.05) is 18.0 Å². The molecule has 2 aromatic rings. The van der Waals surface area contributed by atoms with Crippen molar-refractivity contribution in [2.45, 2.75) is 13.5 Å². The van der Waals surface area contributed by atoms with E-state index in [9.17, 15) is 4.79 Å². The van der Waals surface area contributed by atoms with Crippen LogP contribution in [0.4, 0.5) is 0 Å². The molecule has 0 aliphatic rings. The average molecular weight is 320 g/mol. The molecule has 6 heteroatoms. The third-order valence-electron chi connectivity index (χ3n) is 2.93. The summed E-state index contributed by atoms with van der Waals surface area (Å²) < 4.78 is 14.8. The van der Waals surface area contributed by atoms with E-state index in [1.165, 1.54) is 11.5 Å². The molecule has 2 rings (SSSR count). The number of nitrogens with one attached hydrogen (secondary N) is 1. The lowest BCUT2D eigenvalue weighted by Gasteiger charge is -2.13. The van der Waals surface area contributed by atoms with Crippen LogP contribution in [0.2, 0.25) is 0 Å². The molecule has 1 heterocycles. The molecule has 0 radical (unpaired) electrons. The summed E-state index contributed by atoms with van der Waals surface area (Å²) in [5.41, 5.74) is 1.15. The van der Waals surface area contributed by atoms with Gasteiger partial charge in [-0.1, -0.05) is 37.3 Å². The van der Waals surface area contributed by atoms with Gasteiger partial charge in [-0.05, 0) is 23.0 Å². The van der Waals surface area contributed by atoms with Crippen LogP contribution in [0.25, 0.3) is 0 Å². The molecule has 22 heavy (non-hydrogen) atoms. The summed E-state index contributed by atoms with van der Waals surface area (Å²) in [6, 6.07) is 11.8. The highest BCUT2D eigenvalue weighted by atomic mass is 32.1. The first-order chi connectivity index (χ1) is 10.7. The van der Waals surface area contributed by atoms with Crippen molar-refractivity contribution in [1.82, 2.24) is 9.69 Å². The Morgan fingerprint density at radius 3 is 2.86 bits per heavy atom. The summed E-state index contributed by atoms with van der Waals surface area (Å²) in [7, 11) is 0. The molecule has 1 N–H and O–H groups in total. The maximum Gasteiger partial charge on any atom is 0.258 e. The molecule has 0 unspecified atom stereocenters. The summed E-state index contributed by atoms with van der Waals surface area (Å²) in [6.45, 7) is 3.77. The Morgan fingerprint density at radius 1 is 1.32 bits per heavy atom. The van der Waals surface area contributed by atoms with Crippen molar-refractivity contribution in [2.75, 3.05) is 19.8 Å². The van der Waals surface area contributed by atoms with E-state index in [4.69, 9.17) is 9.47 Å². The Hall–Kier alpha value is -1.92. The maximum absolute atomic E-state index is 11.6. The summed E-state index contributed by atoms with van der Waals surface area (Å²) in [6.07, 6.45) is 0. The monoisotopic (exact) mass is 320 g/mol. The van der Waals surface area contributed by atoms with Crippen LogP contribution in [-0.2, 0) is 16.1 Å². The highest BCUT2D eigenvalue weighted by Crippen LogP contribution is 2.08. The van der Waals surface area contributed by atoms with Crippen LogP contribution in [0.3, 0.4) is 0 Å². The molecule has 0 aliphatic heterocycles. The number of benzene rings is 1. The van der Waals surface area contributed by atoms with Crippen molar-refractivity contribution in [3.05, 3.63) is 47.3 Å². The van der Waals surface area contributed by atoms with Gasteiger partial charge in [0.15, 0.2) is 6.61 Å². The summed E-state index contributed by atoms with van der Waals surface area (Å²) >= 11 is 1.29. The van der Waals surface area contributed by atoms with E-state index in [1.807, 2.05) is 37.3 Å². The number of hydrogen-bond acceptors (Lipinski definition) is 5. The standard InChI is InChI=1S/C16H20N2O3S/c1-13(10-20-11-14-5-3-2-4-6-14)9-17-15(19)12-21-16-7-8-22-18-16/h2-8,13H,9-12H2,1H3,(H,17,19)/t13-/m0/s1. The van der Waals surface area contributed by atoms with Crippen molar-refractivity contribution in [1.29, 1.82) is 0 Å². The number of ether oxygens (including phenoxy) is 2. The van der Waals surface area contributed by atoms with Gasteiger partial charge in [-0.3, -0.25) is 4.79 Å². The zero-order valence-electron chi connectivity index (χ0n) is 12.5. The minimum absolute atomic E-state index is 0.0126. The molecule has 0 saturated heterocycles. The number of hydrogen-bond donors (Lipinski definition) is 1. The van der Waals surface area contributed by atoms with Gasteiger partial charge in [-0.25, -0.2) is 0 Å². The molecule has 0 spiro atoms. The molecule has 5 nitrogen and oxygen atoms in total. The van der Waals surface area contributed by atoms with Gasteiger partial charge in [0.25, 0.3) is 5.91 Å². The van der Waals surface area contributed by atoms with Crippen molar-refractivity contribution in [2.24, 2.45) is 5.92 Å². The molecule has 0 bridgehead atoms. The first-order valence-electron chi connectivity index (χ1n) is 7.15. The normalized spacial score (nSPS) is 11.9. The SMILES string of the molecule is C[C@@H](CNC(=O)COc1ccsn1)COCc1ccccc1. The Morgan fingerprint density at radius 2 is 2.14 bits per heavy atom. The maximum atomic E-state index is 11.6. The Labute approximate surface area is 134 Å². The zero-order chi connectivity index (χ0) is 15.6. The third-order valence-corrected chi connectivity index (χ3v) is 3.47. The largest absolute Gasteiger partial charge is 0.467 e. The van der Waals surface area contributed by atoms with Gasteiger partial charge in [-0.2, -0.15) is 4.37 Å². The van der Waals surface area contributed by atoms with Gasteiger partial charge in [0.05, 0.1) is 13.2 Å². The number of carbonyl (C=O) groups excluding carboxylic acids is 1. The second kappa shape index (κ2) is 9.17. The zero-order valence-corrected chi connectivity index (χ0v) is 13.3. The Balaban J connectivity index is 1.55. The van der Waals surface area contributed by atoms with Crippen LogP contribution in [0, 0.1) is 5.92 Å². The van der Waals surface area contributed by atoms with Gasteiger partial charge in [0.2, 0.25) is 5.88 Å². The fourth-order valence-corrected chi connectivity index (χ4v) is 2.22. The molecule has 1 atom stereocenters. The molecule has 0 saturated carbocycles. The van der Waals surface area contributed by atoms with E-state index in [0.29, 0.717) is 25.6 Å². The predicted molar refractivity (Wildman–Crippen MR) is 85.9 cm³/mol. The Bertz CT molecular complexity index is 546. The summed E-state index contributed by atoms with van der Waals surface area (Å²) in [5, 5.41) is 4.63. The van der Waals surface area contributed by atoms with Crippen molar-refractivity contribution in [3.8, 4) is 5.88 Å². The fraction of sp³-hybridized carbons (Fsp3) is 0.375. The molecule has 1 amide bonds. The topological polar surface area (TPSA) is 60.5 Å².